The maximum absolute atomic E-state index is 15.0. The van der Waals surface area contributed by atoms with Crippen molar-refractivity contribution in [1.29, 1.82) is 0 Å². The standard InChI is InChI=1S/C33H29F2N5O4S/c1-32(31(36)42)15-44-28-22(32)11-25(38-27(28)21-13-45-29-20(21)3-2-4-23(29)34)33(43,18-5-6-18)14-37-30(41)16-9-17-12-40(19-7-8-19)39-26(17)24(35)10-16/h2-4,9-13,18-19,43H,5-8,14-15H2,1H3,(H2,36,42)(H,37,41)/t32-,33?/m0/s1. The van der Waals surface area contributed by atoms with E-state index in [1.54, 1.807) is 47.4 Å². The van der Waals surface area contributed by atoms with Gasteiger partial charge in [-0.05, 0) is 62.8 Å². The van der Waals surface area contributed by atoms with Gasteiger partial charge < -0.3 is 20.9 Å². The van der Waals surface area contributed by atoms with Crippen molar-refractivity contribution >= 4 is 44.1 Å². The van der Waals surface area contributed by atoms with Gasteiger partial charge in [0.2, 0.25) is 5.91 Å². The fourth-order valence-corrected chi connectivity index (χ4v) is 7.25. The molecule has 2 saturated carbocycles. The van der Waals surface area contributed by atoms with Crippen molar-refractivity contribution in [3.05, 3.63) is 76.4 Å². The van der Waals surface area contributed by atoms with Gasteiger partial charge >= 0.3 is 0 Å². The Bertz CT molecular complexity index is 2070. The van der Waals surface area contributed by atoms with Gasteiger partial charge in [-0.25, -0.2) is 13.8 Å². The molecule has 45 heavy (non-hydrogen) atoms. The molecule has 8 rings (SSSR count). The van der Waals surface area contributed by atoms with Gasteiger partial charge in [0.1, 0.15) is 40.4 Å². The molecule has 0 spiro atoms. The summed E-state index contributed by atoms with van der Waals surface area (Å²) in [4.78, 5) is 31.0. The number of pyridine rings is 1. The van der Waals surface area contributed by atoms with Crippen LogP contribution in [-0.2, 0) is 15.8 Å². The molecule has 2 aliphatic carbocycles. The molecule has 12 heteroatoms. The third-order valence-electron chi connectivity index (χ3n) is 9.40. The van der Waals surface area contributed by atoms with Gasteiger partial charge in [0.15, 0.2) is 5.82 Å². The molecule has 2 aromatic carbocycles. The van der Waals surface area contributed by atoms with Gasteiger partial charge in [-0.1, -0.05) is 12.1 Å². The summed E-state index contributed by atoms with van der Waals surface area (Å²) in [5.74, 6) is -2.00. The van der Waals surface area contributed by atoms with Gasteiger partial charge in [0.25, 0.3) is 5.91 Å². The van der Waals surface area contributed by atoms with Crippen LogP contribution in [0.1, 0.15) is 60.3 Å². The van der Waals surface area contributed by atoms with Crippen LogP contribution in [0.5, 0.6) is 5.75 Å². The van der Waals surface area contributed by atoms with Crippen LogP contribution in [0.2, 0.25) is 0 Å². The Balaban J connectivity index is 1.19. The van der Waals surface area contributed by atoms with E-state index in [0.717, 1.165) is 18.9 Å². The number of carbonyl (C=O) groups is 2. The highest BCUT2D eigenvalue weighted by Crippen LogP contribution is 2.51. The van der Waals surface area contributed by atoms with Crippen molar-refractivity contribution in [3.63, 3.8) is 0 Å². The fraction of sp³-hybridized carbons (Fsp3) is 0.333. The molecule has 2 amide bonds. The second-order valence-corrected chi connectivity index (χ2v) is 13.5. The highest BCUT2D eigenvalue weighted by Gasteiger charge is 2.50. The second-order valence-electron chi connectivity index (χ2n) is 12.6. The molecule has 230 valence electrons. The van der Waals surface area contributed by atoms with Crippen LogP contribution in [0.4, 0.5) is 8.78 Å². The number of thiophene rings is 1. The quantitative estimate of drug-likeness (QED) is 0.219. The lowest BCUT2D eigenvalue weighted by molar-refractivity contribution is -0.123. The highest BCUT2D eigenvalue weighted by molar-refractivity contribution is 7.17. The number of hydrogen-bond acceptors (Lipinski definition) is 7. The zero-order valence-electron chi connectivity index (χ0n) is 24.3. The summed E-state index contributed by atoms with van der Waals surface area (Å²) in [5.41, 5.74) is 5.00. The second kappa shape index (κ2) is 9.79. The molecule has 0 radical (unpaired) electrons. The first-order valence-corrected chi connectivity index (χ1v) is 15.8. The van der Waals surface area contributed by atoms with Crippen LogP contribution in [0.15, 0.2) is 48.0 Å². The summed E-state index contributed by atoms with van der Waals surface area (Å²) in [6, 6.07) is 9.42. The molecule has 2 atom stereocenters. The molecule has 0 saturated heterocycles. The summed E-state index contributed by atoms with van der Waals surface area (Å²) >= 11 is 1.22. The van der Waals surface area contributed by atoms with E-state index in [2.05, 4.69) is 10.4 Å². The molecule has 1 unspecified atom stereocenters. The number of nitrogens with two attached hydrogens (primary N) is 1. The molecular formula is C33H29F2N5O4S. The Morgan fingerprint density at radius 1 is 1.20 bits per heavy atom. The van der Waals surface area contributed by atoms with Gasteiger partial charge in [-0.3, -0.25) is 14.3 Å². The fourth-order valence-electron chi connectivity index (χ4n) is 6.29. The minimum atomic E-state index is -1.63. The molecule has 1 aliphatic heterocycles. The molecule has 4 heterocycles. The van der Waals surface area contributed by atoms with Crippen molar-refractivity contribution in [2.45, 2.75) is 49.7 Å². The number of amides is 2. The normalized spacial score (nSPS) is 20.6. The molecule has 0 bridgehead atoms. The van der Waals surface area contributed by atoms with Gasteiger partial charge in [-0.2, -0.15) is 5.10 Å². The molecular weight excluding hydrogens is 600 g/mol. The van der Waals surface area contributed by atoms with E-state index < -0.39 is 28.6 Å². The van der Waals surface area contributed by atoms with Crippen LogP contribution < -0.4 is 15.8 Å². The third kappa shape index (κ3) is 4.41. The largest absolute Gasteiger partial charge is 0.489 e. The Labute approximate surface area is 260 Å². The molecule has 2 fully saturated rings. The number of benzene rings is 2. The van der Waals surface area contributed by atoms with Gasteiger partial charge in [0, 0.05) is 39.0 Å². The molecule has 9 nitrogen and oxygen atoms in total. The topological polar surface area (TPSA) is 132 Å². The number of hydrogen-bond donors (Lipinski definition) is 3. The van der Waals surface area contributed by atoms with E-state index in [4.69, 9.17) is 15.5 Å². The number of fused-ring (bicyclic) bond motifs is 3. The lowest BCUT2D eigenvalue weighted by Gasteiger charge is -2.30. The Morgan fingerprint density at radius 3 is 2.73 bits per heavy atom. The minimum Gasteiger partial charge on any atom is -0.489 e. The van der Waals surface area contributed by atoms with Gasteiger partial charge in [-0.15, -0.1) is 11.3 Å². The van der Waals surface area contributed by atoms with Crippen molar-refractivity contribution < 1.29 is 28.2 Å². The Hall–Kier alpha value is -4.42. The highest BCUT2D eigenvalue weighted by atomic mass is 32.1. The maximum atomic E-state index is 15.0. The number of nitrogens with zero attached hydrogens (tertiary/aromatic N) is 3. The predicted octanol–water partition coefficient (Wildman–Crippen LogP) is 5.09. The van der Waals surface area contributed by atoms with Gasteiger partial charge in [0.05, 0.1) is 23.0 Å². The Kier molecular flexibility index (Phi) is 6.11. The van der Waals surface area contributed by atoms with Crippen molar-refractivity contribution in [1.82, 2.24) is 20.1 Å². The van der Waals surface area contributed by atoms with Crippen molar-refractivity contribution in [2.75, 3.05) is 13.2 Å². The third-order valence-corrected chi connectivity index (χ3v) is 10.4. The van der Waals surface area contributed by atoms with E-state index >= 15 is 0 Å². The Morgan fingerprint density at radius 2 is 2.00 bits per heavy atom. The summed E-state index contributed by atoms with van der Waals surface area (Å²) in [6.45, 7) is 1.44. The summed E-state index contributed by atoms with van der Waals surface area (Å²) in [7, 11) is 0. The van der Waals surface area contributed by atoms with Crippen LogP contribution in [0.3, 0.4) is 0 Å². The SMILES string of the molecule is C[C@]1(C(N)=O)COc2c1cc(C(O)(CNC(=O)c1cc(F)c3nn(C4CC4)cc3c1)C1CC1)nc2-c1csc2c(F)cccc12. The average molecular weight is 630 g/mol. The first-order valence-electron chi connectivity index (χ1n) is 14.9. The minimum absolute atomic E-state index is 0.0177. The van der Waals surface area contributed by atoms with Crippen LogP contribution in [0, 0.1) is 17.6 Å². The zero-order chi connectivity index (χ0) is 31.2. The first kappa shape index (κ1) is 28.1. The number of aliphatic hydroxyl groups is 1. The molecule has 4 N–H and O–H groups in total. The zero-order valence-corrected chi connectivity index (χ0v) is 25.1. The number of primary amides is 1. The number of carbonyl (C=O) groups excluding carboxylic acids is 2. The maximum Gasteiger partial charge on any atom is 0.251 e. The lowest BCUT2D eigenvalue weighted by Crippen LogP contribution is -2.44. The molecule has 5 aromatic rings. The van der Waals surface area contributed by atoms with Crippen molar-refractivity contribution in [3.8, 4) is 17.0 Å². The number of halogens is 2. The predicted molar refractivity (Wildman–Crippen MR) is 164 cm³/mol. The van der Waals surface area contributed by atoms with Crippen molar-refractivity contribution in [2.24, 2.45) is 11.7 Å². The smallest absolute Gasteiger partial charge is 0.251 e. The average Bonchev–Trinajstić information content (AvgIpc) is 3.94. The summed E-state index contributed by atoms with van der Waals surface area (Å²) in [6.07, 6.45) is 5.12. The monoisotopic (exact) mass is 629 g/mol. The van der Waals surface area contributed by atoms with E-state index in [1.807, 2.05) is 0 Å². The number of rotatable bonds is 8. The lowest BCUT2D eigenvalue weighted by atomic mass is 9.81. The van der Waals surface area contributed by atoms with Crippen LogP contribution in [-0.4, -0.2) is 44.8 Å². The van der Waals surface area contributed by atoms with Crippen LogP contribution in [0.25, 0.3) is 32.2 Å². The number of nitrogens with one attached hydrogen (secondary N) is 1. The van der Waals surface area contributed by atoms with Crippen LogP contribution >= 0.6 is 11.3 Å². The number of ether oxygens (including phenoxy) is 1. The van der Waals surface area contributed by atoms with E-state index in [9.17, 15) is 23.5 Å². The first-order chi connectivity index (χ1) is 21.6. The summed E-state index contributed by atoms with van der Waals surface area (Å²) < 4.78 is 37.8. The van der Waals surface area contributed by atoms with E-state index in [0.29, 0.717) is 50.9 Å². The number of aromatic nitrogens is 3. The molecule has 3 aliphatic rings. The summed E-state index contributed by atoms with van der Waals surface area (Å²) in [5, 5.41) is 22.3. The van der Waals surface area contributed by atoms with E-state index in [1.165, 1.54) is 17.4 Å². The molecule has 3 aromatic heterocycles. The van der Waals surface area contributed by atoms with E-state index in [-0.39, 0.29) is 47.7 Å².